The summed E-state index contributed by atoms with van der Waals surface area (Å²) in [6, 6.07) is 6.47. The van der Waals surface area contributed by atoms with E-state index in [1.807, 2.05) is 0 Å². The molecular formula is C18H28Cl2. The van der Waals surface area contributed by atoms with Crippen LogP contribution in [0.5, 0.6) is 0 Å². The summed E-state index contributed by atoms with van der Waals surface area (Å²) >= 11 is 11.9. The van der Waals surface area contributed by atoms with Gasteiger partial charge in [0.15, 0.2) is 0 Å². The molecule has 1 atom stereocenters. The van der Waals surface area contributed by atoms with Crippen molar-refractivity contribution in [1.29, 1.82) is 0 Å². The van der Waals surface area contributed by atoms with E-state index in [4.69, 9.17) is 23.2 Å². The molecule has 0 saturated carbocycles. The Kier molecular flexibility index (Phi) is 7.99. The minimum absolute atomic E-state index is 0.418. The van der Waals surface area contributed by atoms with Crippen LogP contribution in [0.2, 0.25) is 0 Å². The van der Waals surface area contributed by atoms with Crippen LogP contribution in [0, 0.1) is 18.8 Å². The van der Waals surface area contributed by atoms with Crippen LogP contribution in [-0.4, -0.2) is 0 Å². The Morgan fingerprint density at radius 3 is 2.25 bits per heavy atom. The van der Waals surface area contributed by atoms with Gasteiger partial charge in [0, 0.05) is 0 Å². The second kappa shape index (κ2) is 8.95. The number of aryl methyl sites for hydroxylation is 2. The Bertz CT molecular complexity index is 396. The fourth-order valence-corrected chi connectivity index (χ4v) is 3.06. The summed E-state index contributed by atoms with van der Waals surface area (Å²) in [4.78, 5) is -0.418. The van der Waals surface area contributed by atoms with E-state index in [0.29, 0.717) is 0 Å². The van der Waals surface area contributed by atoms with Crippen LogP contribution in [0.15, 0.2) is 18.2 Å². The molecule has 0 aliphatic rings. The molecule has 0 fully saturated rings. The van der Waals surface area contributed by atoms with Crippen molar-refractivity contribution in [3.05, 3.63) is 34.9 Å². The molecule has 1 unspecified atom stereocenters. The van der Waals surface area contributed by atoms with Gasteiger partial charge in [-0.15, -0.1) is 23.2 Å². The van der Waals surface area contributed by atoms with E-state index in [-0.39, 0.29) is 0 Å². The summed E-state index contributed by atoms with van der Waals surface area (Å²) < 4.78 is 0. The Morgan fingerprint density at radius 2 is 1.70 bits per heavy atom. The van der Waals surface area contributed by atoms with Gasteiger partial charge in [-0.3, -0.25) is 0 Å². The fourth-order valence-electron chi connectivity index (χ4n) is 2.57. The lowest BCUT2D eigenvalue weighted by atomic mass is 9.93. The predicted octanol–water partition coefficient (Wildman–Crippen LogP) is 6.87. The normalized spacial score (nSPS) is 13.2. The van der Waals surface area contributed by atoms with E-state index in [9.17, 15) is 0 Å². The van der Waals surface area contributed by atoms with Crippen molar-refractivity contribution in [2.75, 3.05) is 0 Å². The zero-order valence-corrected chi connectivity index (χ0v) is 14.8. The van der Waals surface area contributed by atoms with E-state index in [0.717, 1.165) is 23.8 Å². The van der Waals surface area contributed by atoms with Crippen LogP contribution in [-0.2, 0) is 6.42 Å². The maximum Gasteiger partial charge on any atom is 0.133 e. The zero-order valence-electron chi connectivity index (χ0n) is 13.3. The molecule has 0 spiro atoms. The molecule has 0 bridgehead atoms. The van der Waals surface area contributed by atoms with Gasteiger partial charge in [0.25, 0.3) is 0 Å². The van der Waals surface area contributed by atoms with E-state index in [1.165, 1.54) is 36.8 Å². The molecule has 0 heterocycles. The van der Waals surface area contributed by atoms with Gasteiger partial charge in [0.1, 0.15) is 4.84 Å². The smallest absolute Gasteiger partial charge is 0.100 e. The number of halogens is 2. The van der Waals surface area contributed by atoms with Gasteiger partial charge in [0.05, 0.1) is 0 Å². The van der Waals surface area contributed by atoms with Gasteiger partial charge in [0.2, 0.25) is 0 Å². The van der Waals surface area contributed by atoms with Crippen molar-refractivity contribution in [1.82, 2.24) is 0 Å². The molecule has 0 aromatic heterocycles. The van der Waals surface area contributed by atoms with Gasteiger partial charge < -0.3 is 0 Å². The summed E-state index contributed by atoms with van der Waals surface area (Å²) in [7, 11) is 0. The average molecular weight is 315 g/mol. The highest BCUT2D eigenvalue weighted by Crippen LogP contribution is 2.28. The first-order valence-corrected chi connectivity index (χ1v) is 8.65. The second-order valence-corrected chi connectivity index (χ2v) is 7.56. The van der Waals surface area contributed by atoms with Crippen LogP contribution in [0.1, 0.15) is 68.0 Å². The average Bonchev–Trinajstić information content (AvgIpc) is 2.35. The van der Waals surface area contributed by atoms with Crippen LogP contribution >= 0.6 is 23.2 Å². The van der Waals surface area contributed by atoms with Crippen LogP contribution in [0.4, 0.5) is 0 Å². The van der Waals surface area contributed by atoms with E-state index in [1.54, 1.807) is 0 Å². The molecule has 1 aromatic rings. The quantitative estimate of drug-likeness (QED) is 0.459. The molecule has 0 N–H and O–H groups in total. The molecule has 0 amide bonds. The lowest BCUT2D eigenvalue weighted by molar-refractivity contribution is 0.437. The minimum atomic E-state index is -0.418. The van der Waals surface area contributed by atoms with Gasteiger partial charge in [-0.25, -0.2) is 0 Å². The van der Waals surface area contributed by atoms with Crippen LogP contribution in [0.25, 0.3) is 0 Å². The Labute approximate surface area is 134 Å². The molecule has 1 rings (SSSR count). The maximum atomic E-state index is 5.94. The lowest BCUT2D eigenvalue weighted by Gasteiger charge is -2.13. The minimum Gasteiger partial charge on any atom is -0.100 e. The number of benzene rings is 1. The number of rotatable bonds is 8. The van der Waals surface area contributed by atoms with E-state index < -0.39 is 4.84 Å². The molecule has 2 heteroatoms. The molecule has 0 radical (unpaired) electrons. The van der Waals surface area contributed by atoms with Crippen molar-refractivity contribution < 1.29 is 0 Å². The highest BCUT2D eigenvalue weighted by molar-refractivity contribution is 6.44. The van der Waals surface area contributed by atoms with Crippen molar-refractivity contribution >= 4 is 23.2 Å². The van der Waals surface area contributed by atoms with E-state index >= 15 is 0 Å². The van der Waals surface area contributed by atoms with Crippen molar-refractivity contribution in [2.24, 2.45) is 11.8 Å². The topological polar surface area (TPSA) is 0 Å². The monoisotopic (exact) mass is 314 g/mol. The molecule has 0 saturated heterocycles. The van der Waals surface area contributed by atoms with Crippen LogP contribution in [0.3, 0.4) is 0 Å². The Balaban J connectivity index is 2.40. The fraction of sp³-hybridized carbons (Fsp3) is 0.667. The van der Waals surface area contributed by atoms with Crippen molar-refractivity contribution in [3.63, 3.8) is 0 Å². The zero-order chi connectivity index (χ0) is 15.1. The molecule has 0 nitrogen and oxygen atoms in total. The third-order valence-electron chi connectivity index (χ3n) is 3.97. The summed E-state index contributed by atoms with van der Waals surface area (Å²) in [5, 5.41) is 0. The predicted molar refractivity (Wildman–Crippen MR) is 91.8 cm³/mol. The first-order valence-electron chi connectivity index (χ1n) is 7.77. The van der Waals surface area contributed by atoms with Gasteiger partial charge in [-0.1, -0.05) is 58.2 Å². The number of hydrogen-bond acceptors (Lipinski definition) is 0. The third-order valence-corrected chi connectivity index (χ3v) is 4.44. The van der Waals surface area contributed by atoms with Gasteiger partial charge in [-0.05, 0) is 48.3 Å². The van der Waals surface area contributed by atoms with Crippen molar-refractivity contribution in [2.45, 2.75) is 64.6 Å². The van der Waals surface area contributed by atoms with Crippen molar-refractivity contribution in [3.8, 4) is 0 Å². The first-order chi connectivity index (χ1) is 9.40. The highest BCUT2D eigenvalue weighted by atomic mass is 35.5. The molecule has 1 aromatic carbocycles. The third kappa shape index (κ3) is 6.50. The van der Waals surface area contributed by atoms with Gasteiger partial charge in [-0.2, -0.15) is 0 Å². The summed E-state index contributed by atoms with van der Waals surface area (Å²) in [6.45, 7) is 9.06. The highest BCUT2D eigenvalue weighted by Gasteiger charge is 2.08. The number of alkyl halides is 2. The largest absolute Gasteiger partial charge is 0.133 e. The first kappa shape index (κ1) is 17.9. The Hall–Kier alpha value is -0.200. The Morgan fingerprint density at radius 1 is 1.00 bits per heavy atom. The SMILES string of the molecule is Cc1cc(CCC(C)CCCC(C)C)ccc1C(Cl)Cl. The molecule has 20 heavy (non-hydrogen) atoms. The van der Waals surface area contributed by atoms with Crippen LogP contribution < -0.4 is 0 Å². The molecule has 114 valence electrons. The summed E-state index contributed by atoms with van der Waals surface area (Å²) in [5.41, 5.74) is 3.63. The van der Waals surface area contributed by atoms with E-state index in [2.05, 4.69) is 45.9 Å². The second-order valence-electron chi connectivity index (χ2n) is 6.46. The maximum absolute atomic E-state index is 5.94. The molecular weight excluding hydrogens is 287 g/mol. The molecule has 0 aliphatic carbocycles. The lowest BCUT2D eigenvalue weighted by Crippen LogP contribution is -2.00. The number of hydrogen-bond donors (Lipinski definition) is 0. The van der Waals surface area contributed by atoms with Gasteiger partial charge >= 0.3 is 0 Å². The summed E-state index contributed by atoms with van der Waals surface area (Å²) in [6.07, 6.45) is 6.48. The summed E-state index contributed by atoms with van der Waals surface area (Å²) in [5.74, 6) is 1.64. The standard InChI is InChI=1S/C18H28Cl2/c1-13(2)6-5-7-14(3)8-9-16-10-11-17(18(19)20)15(4)12-16/h10-14,18H,5-9H2,1-4H3. The molecule has 0 aliphatic heterocycles.